The van der Waals surface area contributed by atoms with Crippen LogP contribution in [0.3, 0.4) is 0 Å². The summed E-state index contributed by atoms with van der Waals surface area (Å²) in [5.74, 6) is -0.712. The molecule has 0 heterocycles. The van der Waals surface area contributed by atoms with Crippen LogP contribution >= 0.6 is 27.5 Å². The first-order valence-corrected chi connectivity index (χ1v) is 10.7. The topological polar surface area (TPSA) is 66.5 Å². The molecule has 28 heavy (non-hydrogen) atoms. The molecule has 0 aliphatic rings. The van der Waals surface area contributed by atoms with Gasteiger partial charge in [-0.05, 0) is 48.9 Å². The van der Waals surface area contributed by atoms with Crippen molar-refractivity contribution in [2.75, 3.05) is 22.4 Å². The number of sulfonamides is 1. The molecule has 0 radical (unpaired) electrons. The van der Waals surface area contributed by atoms with Gasteiger partial charge in [-0.15, -0.1) is 0 Å². The smallest absolute Gasteiger partial charge is 0.325 e. The van der Waals surface area contributed by atoms with Crippen molar-refractivity contribution >= 4 is 54.8 Å². The van der Waals surface area contributed by atoms with Crippen molar-refractivity contribution in [2.45, 2.75) is 13.1 Å². The fourth-order valence-corrected chi connectivity index (χ4v) is 3.66. The van der Waals surface area contributed by atoms with Crippen LogP contribution in [0.5, 0.6) is 0 Å². The second-order valence-electron chi connectivity index (χ2n) is 5.94. The Morgan fingerprint density at radius 1 is 1.21 bits per heavy atom. The molecule has 2 rings (SSSR count). The van der Waals surface area contributed by atoms with Crippen molar-refractivity contribution in [1.29, 1.82) is 0 Å². The molecule has 0 aromatic heterocycles. The summed E-state index contributed by atoms with van der Waals surface area (Å²) in [7, 11) is -4.04. The fourth-order valence-electron chi connectivity index (χ4n) is 2.34. The maximum Gasteiger partial charge on any atom is 0.417 e. The molecule has 1 amide bonds. The summed E-state index contributed by atoms with van der Waals surface area (Å²) in [6, 6.07) is 7.61. The number of aryl methyl sites for hydroxylation is 1. The molecule has 0 bridgehead atoms. The van der Waals surface area contributed by atoms with E-state index in [0.29, 0.717) is 16.1 Å². The third-order valence-corrected chi connectivity index (χ3v) is 6.03. The van der Waals surface area contributed by atoms with E-state index in [-0.39, 0.29) is 5.69 Å². The standard InChI is InChI=1S/C17H15BrClF3N2O3S/c1-10-7-11(3-5-14(10)18)23-16(25)9-24(28(2,26)27)12-4-6-15(19)13(8-12)17(20,21)22/h3-8H,9H2,1-2H3,(H,23,25). The number of hydrogen-bond acceptors (Lipinski definition) is 3. The molecule has 0 saturated carbocycles. The number of alkyl halides is 3. The predicted molar refractivity (Wildman–Crippen MR) is 106 cm³/mol. The van der Waals surface area contributed by atoms with Gasteiger partial charge in [0.1, 0.15) is 6.54 Å². The zero-order chi connectivity index (χ0) is 21.3. The summed E-state index contributed by atoms with van der Waals surface area (Å²) in [4.78, 5) is 12.3. The first-order valence-electron chi connectivity index (χ1n) is 7.69. The van der Waals surface area contributed by atoms with Gasteiger partial charge in [0.05, 0.1) is 22.5 Å². The monoisotopic (exact) mass is 498 g/mol. The summed E-state index contributed by atoms with van der Waals surface area (Å²) < 4.78 is 64.8. The van der Waals surface area contributed by atoms with Gasteiger partial charge in [-0.1, -0.05) is 27.5 Å². The molecule has 2 aromatic carbocycles. The van der Waals surface area contributed by atoms with Crippen LogP contribution in [0, 0.1) is 6.92 Å². The van der Waals surface area contributed by atoms with Gasteiger partial charge in [0.15, 0.2) is 0 Å². The summed E-state index contributed by atoms with van der Waals surface area (Å²) in [5, 5.41) is 1.95. The van der Waals surface area contributed by atoms with Crippen molar-refractivity contribution in [3.63, 3.8) is 0 Å². The lowest BCUT2D eigenvalue weighted by Crippen LogP contribution is -2.37. The van der Waals surface area contributed by atoms with E-state index in [1.54, 1.807) is 25.1 Å². The van der Waals surface area contributed by atoms with Gasteiger partial charge in [0, 0.05) is 10.2 Å². The molecule has 5 nitrogen and oxygen atoms in total. The molecule has 152 valence electrons. The molecule has 0 atom stereocenters. The van der Waals surface area contributed by atoms with E-state index in [9.17, 15) is 26.4 Å². The molecule has 0 saturated heterocycles. The summed E-state index contributed by atoms with van der Waals surface area (Å²) in [6.45, 7) is 1.10. The summed E-state index contributed by atoms with van der Waals surface area (Å²) in [5.41, 5.74) is -0.248. The Kier molecular flexibility index (Phi) is 6.67. The zero-order valence-corrected chi connectivity index (χ0v) is 17.8. The molecule has 11 heteroatoms. The van der Waals surface area contributed by atoms with Crippen LogP contribution in [-0.2, 0) is 21.0 Å². The van der Waals surface area contributed by atoms with E-state index in [0.717, 1.165) is 28.4 Å². The van der Waals surface area contributed by atoms with E-state index in [4.69, 9.17) is 11.6 Å². The number of anilines is 2. The van der Waals surface area contributed by atoms with Gasteiger partial charge < -0.3 is 5.32 Å². The Hall–Kier alpha value is -1.78. The maximum absolute atomic E-state index is 13.1. The highest BCUT2D eigenvalue weighted by Gasteiger charge is 2.34. The summed E-state index contributed by atoms with van der Waals surface area (Å²) in [6.07, 6.45) is -3.97. The molecule has 0 aliphatic carbocycles. The number of amides is 1. The van der Waals surface area contributed by atoms with E-state index in [1.165, 1.54) is 0 Å². The highest BCUT2D eigenvalue weighted by Crippen LogP contribution is 2.37. The van der Waals surface area contributed by atoms with Crippen molar-refractivity contribution in [3.8, 4) is 0 Å². The van der Waals surface area contributed by atoms with Crippen molar-refractivity contribution in [2.24, 2.45) is 0 Å². The van der Waals surface area contributed by atoms with E-state index in [1.807, 2.05) is 0 Å². The van der Waals surface area contributed by atoms with E-state index >= 15 is 0 Å². The van der Waals surface area contributed by atoms with Gasteiger partial charge in [-0.3, -0.25) is 9.10 Å². The third-order valence-electron chi connectivity index (χ3n) is 3.67. The Balaban J connectivity index is 2.32. The number of hydrogen-bond donors (Lipinski definition) is 1. The van der Waals surface area contributed by atoms with Crippen molar-refractivity contribution in [3.05, 3.63) is 57.0 Å². The van der Waals surface area contributed by atoms with Crippen molar-refractivity contribution in [1.82, 2.24) is 0 Å². The molecular weight excluding hydrogens is 485 g/mol. The van der Waals surface area contributed by atoms with Gasteiger partial charge >= 0.3 is 6.18 Å². The van der Waals surface area contributed by atoms with Gasteiger partial charge in [-0.25, -0.2) is 8.42 Å². The average Bonchev–Trinajstić information content (AvgIpc) is 2.55. The summed E-state index contributed by atoms with van der Waals surface area (Å²) >= 11 is 8.89. The number of carbonyl (C=O) groups excluding carboxylic acids is 1. The van der Waals surface area contributed by atoms with E-state index < -0.39 is 39.2 Å². The van der Waals surface area contributed by atoms with Crippen LogP contribution in [0.25, 0.3) is 0 Å². The van der Waals surface area contributed by atoms with Gasteiger partial charge in [0.25, 0.3) is 0 Å². The van der Waals surface area contributed by atoms with E-state index in [2.05, 4.69) is 21.2 Å². The highest BCUT2D eigenvalue weighted by atomic mass is 79.9. The van der Waals surface area contributed by atoms with Crippen LogP contribution < -0.4 is 9.62 Å². The lowest BCUT2D eigenvalue weighted by atomic mass is 10.2. The highest BCUT2D eigenvalue weighted by molar-refractivity contribution is 9.10. The molecular formula is C17H15BrClF3N2O3S. The normalized spacial score (nSPS) is 12.0. The van der Waals surface area contributed by atoms with Crippen LogP contribution in [0.15, 0.2) is 40.9 Å². The number of halogens is 5. The number of nitrogens with one attached hydrogen (secondary N) is 1. The Morgan fingerprint density at radius 3 is 2.39 bits per heavy atom. The molecule has 0 spiro atoms. The zero-order valence-electron chi connectivity index (χ0n) is 14.6. The number of nitrogens with zero attached hydrogens (tertiary/aromatic N) is 1. The van der Waals surface area contributed by atoms with Gasteiger partial charge in [0.2, 0.25) is 15.9 Å². The lowest BCUT2D eigenvalue weighted by molar-refractivity contribution is -0.137. The number of carbonyl (C=O) groups is 1. The fraction of sp³-hybridized carbons (Fsp3) is 0.235. The minimum atomic E-state index is -4.77. The molecule has 2 aromatic rings. The van der Waals surface area contributed by atoms with Crippen LogP contribution in [0.1, 0.15) is 11.1 Å². The Bertz CT molecular complexity index is 1010. The molecule has 0 unspecified atom stereocenters. The minimum Gasteiger partial charge on any atom is -0.325 e. The first-order chi connectivity index (χ1) is 12.8. The second-order valence-corrected chi connectivity index (χ2v) is 9.11. The Labute approximate surface area is 173 Å². The van der Waals surface area contributed by atoms with Crippen LogP contribution in [0.4, 0.5) is 24.5 Å². The minimum absolute atomic E-state index is 0.318. The number of rotatable bonds is 5. The number of benzene rings is 2. The lowest BCUT2D eigenvalue weighted by Gasteiger charge is -2.23. The second kappa shape index (κ2) is 8.30. The molecule has 1 N–H and O–H groups in total. The predicted octanol–water partition coefficient (Wildman–Crippen LogP) is 4.83. The largest absolute Gasteiger partial charge is 0.417 e. The van der Waals surface area contributed by atoms with Gasteiger partial charge in [-0.2, -0.15) is 13.2 Å². The molecule has 0 aliphatic heterocycles. The SMILES string of the molecule is Cc1cc(NC(=O)CN(c2ccc(Cl)c(C(F)(F)F)c2)S(C)(=O)=O)ccc1Br. The Morgan fingerprint density at radius 2 is 1.86 bits per heavy atom. The van der Waals surface area contributed by atoms with Crippen LogP contribution in [0.2, 0.25) is 5.02 Å². The van der Waals surface area contributed by atoms with Crippen molar-refractivity contribution < 1.29 is 26.4 Å². The van der Waals surface area contributed by atoms with Crippen LogP contribution in [-0.4, -0.2) is 27.1 Å². The molecule has 0 fully saturated rings. The average molecular weight is 500 g/mol. The quantitative estimate of drug-likeness (QED) is 0.641. The third kappa shape index (κ3) is 5.62. The maximum atomic E-state index is 13.1. The first kappa shape index (κ1) is 22.5.